The first-order valence-electron chi connectivity index (χ1n) is 11.5. The highest BCUT2D eigenvalue weighted by Crippen LogP contribution is 2.60. The summed E-state index contributed by atoms with van der Waals surface area (Å²) in [5.41, 5.74) is 2.42. The van der Waals surface area contributed by atoms with Gasteiger partial charge in [-0.25, -0.2) is 0 Å². The lowest BCUT2D eigenvalue weighted by Gasteiger charge is -2.32. The number of aromatic hydroxyl groups is 1. The zero-order valence-corrected chi connectivity index (χ0v) is 20.3. The third-order valence-electron chi connectivity index (χ3n) is 5.74. The number of hydrogen-bond donors (Lipinski definition) is 2. The van der Waals surface area contributed by atoms with Crippen LogP contribution in [0.1, 0.15) is 42.4 Å². The molecule has 5 nitrogen and oxygen atoms in total. The van der Waals surface area contributed by atoms with E-state index in [4.69, 9.17) is 9.05 Å². The van der Waals surface area contributed by atoms with Gasteiger partial charge in [-0.3, -0.25) is 9.88 Å². The molecule has 0 heterocycles. The van der Waals surface area contributed by atoms with Gasteiger partial charge in [0, 0.05) is 5.56 Å². The Kier molecular flexibility index (Phi) is 7.81. The fraction of sp³-hybridized carbons (Fsp3) is 0.214. The van der Waals surface area contributed by atoms with Gasteiger partial charge in [0.1, 0.15) is 11.5 Å². The van der Waals surface area contributed by atoms with Crippen molar-refractivity contribution in [2.45, 2.75) is 25.7 Å². The third kappa shape index (κ3) is 5.08. The first-order chi connectivity index (χ1) is 16.6. The van der Waals surface area contributed by atoms with Crippen molar-refractivity contribution in [3.63, 3.8) is 0 Å². The van der Waals surface area contributed by atoms with Gasteiger partial charge in [0.05, 0.1) is 19.3 Å². The molecule has 4 rings (SSSR count). The summed E-state index contributed by atoms with van der Waals surface area (Å²) < 4.78 is 25.7. The van der Waals surface area contributed by atoms with E-state index in [0.29, 0.717) is 5.56 Å². The molecule has 0 saturated carbocycles. The van der Waals surface area contributed by atoms with Crippen molar-refractivity contribution in [1.29, 1.82) is 0 Å². The molecule has 0 aliphatic heterocycles. The molecule has 0 aromatic heterocycles. The van der Waals surface area contributed by atoms with Crippen LogP contribution in [0.25, 0.3) is 10.8 Å². The number of benzene rings is 4. The maximum Gasteiger partial charge on any atom is 0.351 e. The van der Waals surface area contributed by atoms with Crippen molar-refractivity contribution in [1.82, 2.24) is 5.32 Å². The second-order valence-electron chi connectivity index (χ2n) is 7.92. The summed E-state index contributed by atoms with van der Waals surface area (Å²) in [4.78, 5) is 0. The van der Waals surface area contributed by atoms with Crippen LogP contribution < -0.4 is 5.32 Å². The van der Waals surface area contributed by atoms with Gasteiger partial charge >= 0.3 is 7.60 Å². The van der Waals surface area contributed by atoms with Gasteiger partial charge in [0.25, 0.3) is 0 Å². The van der Waals surface area contributed by atoms with Crippen molar-refractivity contribution in [3.05, 3.63) is 114 Å². The number of nitrogens with one attached hydrogen (secondary N) is 1. The van der Waals surface area contributed by atoms with E-state index < -0.39 is 19.4 Å². The topological polar surface area (TPSA) is 67.8 Å². The second-order valence-corrected chi connectivity index (χ2v) is 10.0. The summed E-state index contributed by atoms with van der Waals surface area (Å²) in [6, 6.07) is 30.4. The molecule has 0 saturated heterocycles. The molecule has 4 aromatic rings. The Morgan fingerprint density at radius 1 is 0.765 bits per heavy atom. The van der Waals surface area contributed by atoms with Crippen LogP contribution in [0.5, 0.6) is 5.75 Å². The van der Waals surface area contributed by atoms with Crippen LogP contribution in [0.2, 0.25) is 0 Å². The lowest BCUT2D eigenvalue weighted by atomic mass is 9.92. The zero-order chi connectivity index (χ0) is 24.0. The maximum atomic E-state index is 14.1. The Hall–Kier alpha value is -2.95. The molecule has 0 amide bonds. The van der Waals surface area contributed by atoms with Crippen molar-refractivity contribution < 1.29 is 18.7 Å². The van der Waals surface area contributed by atoms with Gasteiger partial charge in [0.15, 0.2) is 0 Å². The van der Waals surface area contributed by atoms with Gasteiger partial charge in [-0.05, 0) is 41.8 Å². The van der Waals surface area contributed by atoms with E-state index in [1.807, 2.05) is 91.0 Å². The molecule has 2 atom stereocenters. The first-order valence-corrected chi connectivity index (χ1v) is 13.1. The van der Waals surface area contributed by atoms with Crippen molar-refractivity contribution in [3.8, 4) is 5.75 Å². The molecule has 176 valence electrons. The van der Waals surface area contributed by atoms with E-state index in [2.05, 4.69) is 5.32 Å². The first kappa shape index (κ1) is 24.2. The Labute approximate surface area is 200 Å². The molecule has 4 aromatic carbocycles. The quantitative estimate of drug-likeness (QED) is 0.238. The number of hydrogen-bond acceptors (Lipinski definition) is 5. The van der Waals surface area contributed by atoms with Gasteiger partial charge < -0.3 is 14.2 Å². The minimum absolute atomic E-state index is 0.162. The monoisotopic (exact) mass is 475 g/mol. The van der Waals surface area contributed by atoms with Gasteiger partial charge in [-0.1, -0.05) is 91.0 Å². The molecule has 0 aliphatic rings. The molecule has 0 radical (unpaired) electrons. The highest BCUT2D eigenvalue weighted by molar-refractivity contribution is 7.54. The predicted octanol–water partition coefficient (Wildman–Crippen LogP) is 7.19. The summed E-state index contributed by atoms with van der Waals surface area (Å²) in [6.45, 7) is 4.10. The van der Waals surface area contributed by atoms with E-state index in [1.54, 1.807) is 19.9 Å². The highest BCUT2D eigenvalue weighted by Gasteiger charge is 2.39. The Morgan fingerprint density at radius 3 is 1.94 bits per heavy atom. The molecule has 2 unspecified atom stereocenters. The molecule has 6 heteroatoms. The predicted molar refractivity (Wildman–Crippen MR) is 137 cm³/mol. The molecular weight excluding hydrogens is 445 g/mol. The van der Waals surface area contributed by atoms with Crippen molar-refractivity contribution in [2.75, 3.05) is 13.2 Å². The van der Waals surface area contributed by atoms with Gasteiger partial charge in [-0.2, -0.15) is 0 Å². The average molecular weight is 476 g/mol. The van der Waals surface area contributed by atoms with Crippen LogP contribution in [-0.4, -0.2) is 18.3 Å². The third-order valence-corrected chi connectivity index (χ3v) is 8.06. The van der Waals surface area contributed by atoms with Crippen LogP contribution >= 0.6 is 7.60 Å². The van der Waals surface area contributed by atoms with E-state index in [9.17, 15) is 9.67 Å². The van der Waals surface area contributed by atoms with Crippen LogP contribution in [0.15, 0.2) is 97.1 Å². The fourth-order valence-corrected chi connectivity index (χ4v) is 6.25. The van der Waals surface area contributed by atoms with Crippen LogP contribution in [-0.2, 0) is 13.6 Å². The van der Waals surface area contributed by atoms with E-state index in [0.717, 1.165) is 21.9 Å². The van der Waals surface area contributed by atoms with Crippen LogP contribution in [0.4, 0.5) is 0 Å². The number of phenolic OH excluding ortho intramolecular Hbond substituents is 1. The minimum atomic E-state index is -3.61. The highest BCUT2D eigenvalue weighted by atomic mass is 31.2. The minimum Gasteiger partial charge on any atom is -0.508 e. The maximum absolute atomic E-state index is 14.1. The summed E-state index contributed by atoms with van der Waals surface area (Å²) in [5.74, 6) is -0.591. The lowest BCUT2D eigenvalue weighted by Crippen LogP contribution is -2.29. The zero-order valence-electron chi connectivity index (χ0n) is 19.4. The molecule has 0 bridgehead atoms. The fourth-order valence-electron chi connectivity index (χ4n) is 4.29. The van der Waals surface area contributed by atoms with E-state index in [-0.39, 0.29) is 19.0 Å². The average Bonchev–Trinajstić information content (AvgIpc) is 2.86. The summed E-state index contributed by atoms with van der Waals surface area (Å²) in [6.07, 6.45) is 0. The van der Waals surface area contributed by atoms with Crippen molar-refractivity contribution in [2.24, 2.45) is 0 Å². The largest absolute Gasteiger partial charge is 0.508 e. The van der Waals surface area contributed by atoms with Crippen LogP contribution in [0.3, 0.4) is 0 Å². The molecule has 0 fully saturated rings. The standard InChI is InChI=1S/C28H30NO4P/c1-3-32-34(31,33-4-2)28(23-16-9-6-10-17-23)29-27(22-14-7-5-8-15-22)26-24-18-12-11-13-21(24)19-20-25(26)30/h5-20,27-30H,3-4H2,1-2H3. The summed E-state index contributed by atoms with van der Waals surface area (Å²) >= 11 is 0. The van der Waals surface area contributed by atoms with Crippen molar-refractivity contribution >= 4 is 18.4 Å². The molecule has 0 spiro atoms. The smallest absolute Gasteiger partial charge is 0.351 e. The van der Waals surface area contributed by atoms with Gasteiger partial charge in [-0.15, -0.1) is 0 Å². The summed E-state index contributed by atoms with van der Waals surface area (Å²) in [7, 11) is -3.61. The van der Waals surface area contributed by atoms with Gasteiger partial charge in [0.2, 0.25) is 0 Å². The second kappa shape index (κ2) is 11.0. The Bertz CT molecular complexity index is 1250. The van der Waals surface area contributed by atoms with Crippen LogP contribution in [0, 0.1) is 0 Å². The Morgan fingerprint density at radius 2 is 1.32 bits per heavy atom. The number of phenols is 1. The van der Waals surface area contributed by atoms with E-state index in [1.165, 1.54) is 0 Å². The molecular formula is C28H30NO4P. The lowest BCUT2D eigenvalue weighted by molar-refractivity contribution is 0.206. The molecule has 34 heavy (non-hydrogen) atoms. The van der Waals surface area contributed by atoms with E-state index >= 15 is 0 Å². The number of fused-ring (bicyclic) bond motifs is 1. The summed E-state index contributed by atoms with van der Waals surface area (Å²) in [5, 5.41) is 16.6. The molecule has 2 N–H and O–H groups in total. The normalized spacial score (nSPS) is 13.6. The number of rotatable bonds is 10. The SMILES string of the molecule is CCOP(=O)(OCC)C(NC(c1ccccc1)c1c(O)ccc2ccccc12)c1ccccc1. The molecule has 0 aliphatic carbocycles. The Balaban J connectivity index is 1.92.